The fraction of sp³-hybridized carbons (Fsp3) is 0.667. The van der Waals surface area contributed by atoms with Crippen molar-refractivity contribution in [3.63, 3.8) is 0 Å². The van der Waals surface area contributed by atoms with Crippen LogP contribution >= 0.6 is 0 Å². The highest BCUT2D eigenvalue weighted by atomic mass is 16.3. The summed E-state index contributed by atoms with van der Waals surface area (Å²) in [4.78, 5) is 4.95. The molecule has 1 atom stereocenters. The molecule has 0 aliphatic carbocycles. The molecule has 0 spiro atoms. The van der Waals surface area contributed by atoms with Gasteiger partial charge >= 0.3 is 0 Å². The number of likely N-dealkylation sites (tertiary alicyclic amines) is 1. The first-order valence-electron chi connectivity index (χ1n) is 8.55. The van der Waals surface area contributed by atoms with Crippen molar-refractivity contribution >= 4 is 5.69 Å². The van der Waals surface area contributed by atoms with Crippen LogP contribution in [0.25, 0.3) is 0 Å². The van der Waals surface area contributed by atoms with E-state index in [0.717, 1.165) is 19.5 Å². The summed E-state index contributed by atoms with van der Waals surface area (Å²) in [6.07, 6.45) is 7.78. The zero-order valence-corrected chi connectivity index (χ0v) is 13.0. The molecule has 2 fully saturated rings. The van der Waals surface area contributed by atoms with Gasteiger partial charge in [0.25, 0.3) is 0 Å². The number of aliphatic hydroxyl groups excluding tert-OH is 1. The lowest BCUT2D eigenvalue weighted by Gasteiger charge is -2.25. The monoisotopic (exact) mass is 288 g/mol. The van der Waals surface area contributed by atoms with Gasteiger partial charge < -0.3 is 10.0 Å². The van der Waals surface area contributed by atoms with Crippen LogP contribution in [-0.4, -0.2) is 42.3 Å². The first-order valence-corrected chi connectivity index (χ1v) is 8.55. The molecule has 1 N–H and O–H groups in total. The summed E-state index contributed by atoms with van der Waals surface area (Å²) < 4.78 is 0. The number of aliphatic hydroxyl groups is 1. The van der Waals surface area contributed by atoms with Crippen LogP contribution in [-0.2, 0) is 6.54 Å². The van der Waals surface area contributed by atoms with Crippen molar-refractivity contribution in [3.05, 3.63) is 29.8 Å². The van der Waals surface area contributed by atoms with E-state index in [9.17, 15) is 5.11 Å². The molecular formula is C18H28N2O. The lowest BCUT2D eigenvalue weighted by molar-refractivity contribution is 0.153. The molecule has 2 aliphatic rings. The number of hydrogen-bond acceptors (Lipinski definition) is 3. The largest absolute Gasteiger partial charge is 0.395 e. The highest BCUT2D eigenvalue weighted by Crippen LogP contribution is 2.23. The highest BCUT2D eigenvalue weighted by molar-refractivity contribution is 5.47. The fourth-order valence-corrected chi connectivity index (χ4v) is 3.69. The topological polar surface area (TPSA) is 26.7 Å². The van der Waals surface area contributed by atoms with Gasteiger partial charge in [0.2, 0.25) is 0 Å². The van der Waals surface area contributed by atoms with Gasteiger partial charge in [-0.2, -0.15) is 0 Å². The Morgan fingerprint density at radius 1 is 0.905 bits per heavy atom. The summed E-state index contributed by atoms with van der Waals surface area (Å²) >= 11 is 0. The Bertz CT molecular complexity index is 423. The number of rotatable bonds is 4. The molecule has 3 nitrogen and oxygen atoms in total. The van der Waals surface area contributed by atoms with Gasteiger partial charge in [0.1, 0.15) is 0 Å². The highest BCUT2D eigenvalue weighted by Gasteiger charge is 2.23. The van der Waals surface area contributed by atoms with E-state index in [0.29, 0.717) is 12.6 Å². The Hall–Kier alpha value is -1.06. The molecule has 0 unspecified atom stereocenters. The van der Waals surface area contributed by atoms with E-state index in [1.807, 2.05) is 0 Å². The van der Waals surface area contributed by atoms with Gasteiger partial charge in [0.15, 0.2) is 0 Å². The third-order valence-electron chi connectivity index (χ3n) is 5.00. The molecule has 116 valence electrons. The molecule has 2 heterocycles. The Labute approximate surface area is 128 Å². The molecule has 21 heavy (non-hydrogen) atoms. The second-order valence-corrected chi connectivity index (χ2v) is 6.52. The minimum atomic E-state index is 0.297. The van der Waals surface area contributed by atoms with Crippen LogP contribution in [0.15, 0.2) is 24.3 Å². The average molecular weight is 288 g/mol. The van der Waals surface area contributed by atoms with Crippen molar-refractivity contribution in [2.75, 3.05) is 31.1 Å². The van der Waals surface area contributed by atoms with Crippen molar-refractivity contribution < 1.29 is 5.11 Å². The van der Waals surface area contributed by atoms with E-state index in [1.165, 1.54) is 56.4 Å². The summed E-state index contributed by atoms with van der Waals surface area (Å²) in [5.74, 6) is 0. The van der Waals surface area contributed by atoms with Crippen molar-refractivity contribution in [3.8, 4) is 0 Å². The maximum absolute atomic E-state index is 9.41. The Morgan fingerprint density at radius 2 is 1.62 bits per heavy atom. The van der Waals surface area contributed by atoms with E-state index in [2.05, 4.69) is 34.1 Å². The van der Waals surface area contributed by atoms with Crippen molar-refractivity contribution in [1.82, 2.24) is 4.90 Å². The van der Waals surface area contributed by atoms with Crippen LogP contribution in [0, 0.1) is 0 Å². The first kappa shape index (κ1) is 14.9. The van der Waals surface area contributed by atoms with Crippen LogP contribution in [0.5, 0.6) is 0 Å². The van der Waals surface area contributed by atoms with Crippen LogP contribution in [0.1, 0.15) is 44.1 Å². The standard InChI is InChI=1S/C18H28N2O/c21-15-18-6-5-13-20(18)14-16-7-9-17(10-8-16)19-11-3-1-2-4-12-19/h7-10,18,21H,1-6,11-15H2/t18-/m1/s1. The second kappa shape index (κ2) is 7.28. The smallest absolute Gasteiger partial charge is 0.0587 e. The van der Waals surface area contributed by atoms with Crippen LogP contribution in [0.3, 0.4) is 0 Å². The minimum Gasteiger partial charge on any atom is -0.395 e. The lowest BCUT2D eigenvalue weighted by Crippen LogP contribution is -2.31. The molecule has 0 radical (unpaired) electrons. The molecule has 0 amide bonds. The number of nitrogens with zero attached hydrogens (tertiary/aromatic N) is 2. The second-order valence-electron chi connectivity index (χ2n) is 6.52. The van der Waals surface area contributed by atoms with Crippen molar-refractivity contribution in [2.45, 2.75) is 51.1 Å². The van der Waals surface area contributed by atoms with Crippen LogP contribution in [0.4, 0.5) is 5.69 Å². The Morgan fingerprint density at radius 3 is 2.29 bits per heavy atom. The first-order chi connectivity index (χ1) is 10.4. The lowest BCUT2D eigenvalue weighted by atomic mass is 10.1. The molecule has 0 bridgehead atoms. The van der Waals surface area contributed by atoms with Gasteiger partial charge in [-0.15, -0.1) is 0 Å². The Balaban J connectivity index is 1.61. The zero-order chi connectivity index (χ0) is 14.5. The van der Waals surface area contributed by atoms with E-state index >= 15 is 0 Å². The van der Waals surface area contributed by atoms with Crippen molar-refractivity contribution in [2.24, 2.45) is 0 Å². The van der Waals surface area contributed by atoms with Gasteiger partial charge in [-0.1, -0.05) is 25.0 Å². The average Bonchev–Trinajstić information content (AvgIpc) is 2.79. The molecule has 3 heteroatoms. The van der Waals surface area contributed by atoms with E-state index in [4.69, 9.17) is 0 Å². The van der Waals surface area contributed by atoms with Gasteiger partial charge in [-0.05, 0) is 49.9 Å². The summed E-state index contributed by atoms with van der Waals surface area (Å²) in [5.41, 5.74) is 2.75. The number of anilines is 1. The molecule has 3 rings (SSSR count). The van der Waals surface area contributed by atoms with Gasteiger partial charge in [0, 0.05) is 31.4 Å². The number of hydrogen-bond donors (Lipinski definition) is 1. The minimum absolute atomic E-state index is 0.297. The summed E-state index contributed by atoms with van der Waals surface area (Å²) in [7, 11) is 0. The van der Waals surface area contributed by atoms with Gasteiger partial charge in [0.05, 0.1) is 6.61 Å². The maximum atomic E-state index is 9.41. The molecule has 0 aromatic heterocycles. The molecule has 2 saturated heterocycles. The molecular weight excluding hydrogens is 260 g/mol. The van der Waals surface area contributed by atoms with E-state index < -0.39 is 0 Å². The van der Waals surface area contributed by atoms with Crippen LogP contribution < -0.4 is 4.90 Å². The predicted octanol–water partition coefficient (Wildman–Crippen LogP) is 3.02. The third-order valence-corrected chi connectivity index (χ3v) is 5.00. The predicted molar refractivity (Wildman–Crippen MR) is 87.6 cm³/mol. The van der Waals surface area contributed by atoms with Crippen molar-refractivity contribution in [1.29, 1.82) is 0 Å². The molecule has 1 aromatic carbocycles. The summed E-state index contributed by atoms with van der Waals surface area (Å²) in [5, 5.41) is 9.41. The Kier molecular flexibility index (Phi) is 5.15. The fourth-order valence-electron chi connectivity index (χ4n) is 3.69. The van der Waals surface area contributed by atoms with Gasteiger partial charge in [-0.25, -0.2) is 0 Å². The molecule has 1 aromatic rings. The normalized spacial score (nSPS) is 24.2. The molecule has 2 aliphatic heterocycles. The third kappa shape index (κ3) is 3.78. The number of benzene rings is 1. The maximum Gasteiger partial charge on any atom is 0.0587 e. The SMILES string of the molecule is OC[C@H]1CCCN1Cc1ccc(N2CCCCCC2)cc1. The molecule has 0 saturated carbocycles. The van der Waals surface area contributed by atoms with E-state index in [1.54, 1.807) is 0 Å². The quantitative estimate of drug-likeness (QED) is 0.922. The van der Waals surface area contributed by atoms with Gasteiger partial charge in [-0.3, -0.25) is 4.90 Å². The zero-order valence-electron chi connectivity index (χ0n) is 13.0. The van der Waals surface area contributed by atoms with Crippen LogP contribution in [0.2, 0.25) is 0 Å². The summed E-state index contributed by atoms with van der Waals surface area (Å²) in [6.45, 7) is 4.81. The summed E-state index contributed by atoms with van der Waals surface area (Å²) in [6, 6.07) is 9.48. The van der Waals surface area contributed by atoms with E-state index in [-0.39, 0.29) is 0 Å².